The Labute approximate surface area is 172 Å². The Balaban J connectivity index is 1.37. The van der Waals surface area contributed by atoms with Crippen molar-refractivity contribution in [2.45, 2.75) is 13.8 Å². The zero-order valence-electron chi connectivity index (χ0n) is 16.9. The van der Waals surface area contributed by atoms with Crippen molar-refractivity contribution in [2.24, 2.45) is 0 Å². The maximum atomic E-state index is 12.5. The van der Waals surface area contributed by atoms with E-state index in [9.17, 15) is 14.4 Å². The molecule has 30 heavy (non-hydrogen) atoms. The van der Waals surface area contributed by atoms with E-state index in [1.807, 2.05) is 23.1 Å². The largest absolute Gasteiger partial charge is 0.444 e. The predicted molar refractivity (Wildman–Crippen MR) is 112 cm³/mol. The summed E-state index contributed by atoms with van der Waals surface area (Å²) < 4.78 is 5.62. The number of hydrogen-bond acceptors (Lipinski definition) is 6. The summed E-state index contributed by atoms with van der Waals surface area (Å²) in [4.78, 5) is 41.0. The van der Waals surface area contributed by atoms with Crippen LogP contribution in [0.5, 0.6) is 0 Å². The van der Waals surface area contributed by atoms with Crippen LogP contribution in [-0.4, -0.2) is 64.5 Å². The fourth-order valence-electron chi connectivity index (χ4n) is 3.77. The Kier molecular flexibility index (Phi) is 5.37. The number of amides is 2. The molecule has 9 nitrogen and oxygen atoms in total. The number of hydrogen-bond donors (Lipinski definition) is 2. The van der Waals surface area contributed by atoms with Crippen LogP contribution < -0.4 is 10.9 Å². The van der Waals surface area contributed by atoms with Gasteiger partial charge in [0.15, 0.2) is 0 Å². The maximum Gasteiger partial charge on any atom is 0.277 e. The molecule has 0 atom stereocenters. The molecule has 2 aromatic heterocycles. The molecule has 0 saturated carbocycles. The van der Waals surface area contributed by atoms with Gasteiger partial charge >= 0.3 is 0 Å². The fraction of sp³-hybridized carbons (Fsp3) is 0.333. The molecular formula is C21H23N5O4. The van der Waals surface area contributed by atoms with Crippen molar-refractivity contribution in [3.05, 3.63) is 57.7 Å². The fourth-order valence-corrected chi connectivity index (χ4v) is 3.77. The van der Waals surface area contributed by atoms with E-state index in [2.05, 4.69) is 15.5 Å². The van der Waals surface area contributed by atoms with Gasteiger partial charge in [-0.2, -0.15) is 5.10 Å². The zero-order valence-corrected chi connectivity index (χ0v) is 16.9. The number of aromatic amines is 1. The zero-order chi connectivity index (χ0) is 21.3. The second-order valence-electron chi connectivity index (χ2n) is 7.36. The first-order chi connectivity index (χ1) is 14.4. The Morgan fingerprint density at radius 3 is 2.50 bits per heavy atom. The van der Waals surface area contributed by atoms with Crippen molar-refractivity contribution in [1.82, 2.24) is 20.0 Å². The lowest BCUT2D eigenvalue weighted by Gasteiger charge is -2.34. The van der Waals surface area contributed by atoms with E-state index in [4.69, 9.17) is 4.42 Å². The molecule has 0 radical (unpaired) electrons. The first-order valence-corrected chi connectivity index (χ1v) is 9.79. The number of aromatic nitrogens is 2. The van der Waals surface area contributed by atoms with E-state index in [1.54, 1.807) is 30.9 Å². The number of benzene rings is 1. The number of carbonyl (C=O) groups is 2. The number of anilines is 1. The van der Waals surface area contributed by atoms with E-state index >= 15 is 0 Å². The van der Waals surface area contributed by atoms with Gasteiger partial charge in [-0.25, -0.2) is 5.10 Å². The summed E-state index contributed by atoms with van der Waals surface area (Å²) in [6, 6.07) is 9.17. The lowest BCUT2D eigenvalue weighted by atomic mass is 10.2. The lowest BCUT2D eigenvalue weighted by Crippen LogP contribution is -2.50. The molecular weight excluding hydrogens is 386 g/mol. The van der Waals surface area contributed by atoms with Crippen molar-refractivity contribution >= 4 is 28.5 Å². The van der Waals surface area contributed by atoms with Crippen molar-refractivity contribution in [2.75, 3.05) is 38.0 Å². The molecule has 0 unspecified atom stereocenters. The van der Waals surface area contributed by atoms with Crippen molar-refractivity contribution in [1.29, 1.82) is 0 Å². The van der Waals surface area contributed by atoms with Gasteiger partial charge in [0.1, 0.15) is 11.1 Å². The number of fused-ring (bicyclic) bond motifs is 1. The third-order valence-electron chi connectivity index (χ3n) is 5.30. The number of aryl methyl sites for hydroxylation is 2. The second kappa shape index (κ2) is 8.11. The summed E-state index contributed by atoms with van der Waals surface area (Å²) in [7, 11) is 0. The Hall–Kier alpha value is -3.46. The van der Waals surface area contributed by atoms with Gasteiger partial charge in [0.2, 0.25) is 11.8 Å². The molecule has 3 heterocycles. The van der Waals surface area contributed by atoms with Gasteiger partial charge in [-0.15, -0.1) is 0 Å². The number of nitrogens with one attached hydrogen (secondary N) is 2. The van der Waals surface area contributed by atoms with Crippen molar-refractivity contribution < 1.29 is 14.0 Å². The maximum absolute atomic E-state index is 12.5. The number of H-pyrrole nitrogens is 1. The van der Waals surface area contributed by atoms with Crippen LogP contribution in [0.2, 0.25) is 0 Å². The minimum absolute atomic E-state index is 0.000404. The molecule has 3 aromatic rings. The third-order valence-corrected chi connectivity index (χ3v) is 5.30. The number of piperazine rings is 1. The Bertz CT molecular complexity index is 1140. The highest BCUT2D eigenvalue weighted by molar-refractivity contribution is 6.02. The molecule has 156 valence electrons. The molecule has 1 fully saturated rings. The van der Waals surface area contributed by atoms with Crippen LogP contribution in [0, 0.1) is 13.8 Å². The van der Waals surface area contributed by atoms with Crippen LogP contribution in [0.15, 0.2) is 39.5 Å². The first-order valence-electron chi connectivity index (χ1n) is 9.79. The average Bonchev–Trinajstić information content (AvgIpc) is 3.08. The van der Waals surface area contributed by atoms with Gasteiger partial charge < -0.3 is 9.32 Å². The van der Waals surface area contributed by atoms with E-state index in [0.717, 1.165) is 0 Å². The molecule has 1 aromatic carbocycles. The monoisotopic (exact) mass is 409 g/mol. The molecule has 4 rings (SSSR count). The molecule has 2 amide bonds. The number of furan rings is 1. The summed E-state index contributed by atoms with van der Waals surface area (Å²) in [6.45, 7) is 5.93. The van der Waals surface area contributed by atoms with Crippen LogP contribution >= 0.6 is 0 Å². The molecule has 1 aliphatic rings. The van der Waals surface area contributed by atoms with Crippen LogP contribution in [0.25, 0.3) is 10.8 Å². The quantitative estimate of drug-likeness (QED) is 0.676. The van der Waals surface area contributed by atoms with Crippen molar-refractivity contribution in [3.63, 3.8) is 0 Å². The number of rotatable bonds is 4. The smallest absolute Gasteiger partial charge is 0.277 e. The van der Waals surface area contributed by atoms with E-state index in [-0.39, 0.29) is 24.2 Å². The molecule has 1 aliphatic heterocycles. The van der Waals surface area contributed by atoms with Gasteiger partial charge in [-0.3, -0.25) is 24.6 Å². The first kappa shape index (κ1) is 19.8. The van der Waals surface area contributed by atoms with Gasteiger partial charge in [0.05, 0.1) is 17.6 Å². The highest BCUT2D eigenvalue weighted by Gasteiger charge is 2.24. The summed E-state index contributed by atoms with van der Waals surface area (Å²) in [6.07, 6.45) is 0. The highest BCUT2D eigenvalue weighted by atomic mass is 16.4. The minimum atomic E-state index is -0.407. The molecule has 9 heteroatoms. The lowest BCUT2D eigenvalue weighted by molar-refractivity contribution is -0.117. The van der Waals surface area contributed by atoms with Gasteiger partial charge in [0, 0.05) is 31.7 Å². The van der Waals surface area contributed by atoms with Gasteiger partial charge in [0.25, 0.3) is 11.5 Å². The van der Waals surface area contributed by atoms with Crippen LogP contribution in [0.3, 0.4) is 0 Å². The summed E-state index contributed by atoms with van der Waals surface area (Å²) in [5, 5.41) is 9.98. The van der Waals surface area contributed by atoms with Crippen LogP contribution in [-0.2, 0) is 4.79 Å². The topological polar surface area (TPSA) is 112 Å². The molecule has 0 bridgehead atoms. The van der Waals surface area contributed by atoms with Crippen molar-refractivity contribution in [3.8, 4) is 0 Å². The van der Waals surface area contributed by atoms with E-state index < -0.39 is 5.56 Å². The summed E-state index contributed by atoms with van der Waals surface area (Å²) >= 11 is 0. The van der Waals surface area contributed by atoms with Crippen LogP contribution in [0.4, 0.5) is 5.88 Å². The normalized spacial score (nSPS) is 14.8. The molecule has 1 saturated heterocycles. The van der Waals surface area contributed by atoms with Gasteiger partial charge in [-0.05, 0) is 26.0 Å². The SMILES string of the molecule is Cc1n[nH]c(=O)c2c(NC(=O)CN3CCN(C(=O)c4ccccc4)CC3)oc(C)c12. The van der Waals surface area contributed by atoms with E-state index in [0.29, 0.717) is 54.0 Å². The van der Waals surface area contributed by atoms with E-state index in [1.165, 1.54) is 0 Å². The highest BCUT2D eigenvalue weighted by Crippen LogP contribution is 2.28. The van der Waals surface area contributed by atoms with Crippen LogP contribution in [0.1, 0.15) is 21.8 Å². The number of carbonyl (C=O) groups excluding carboxylic acids is 2. The standard InChI is InChI=1S/C21H23N5O4/c1-13-17-14(2)30-20(18(17)19(28)24-23-13)22-16(27)12-25-8-10-26(11-9-25)21(29)15-6-4-3-5-7-15/h3-7H,8-12H2,1-2H3,(H,22,27)(H,24,28). The Morgan fingerprint density at radius 1 is 1.10 bits per heavy atom. The summed E-state index contributed by atoms with van der Waals surface area (Å²) in [5.41, 5.74) is 0.889. The summed E-state index contributed by atoms with van der Waals surface area (Å²) in [5.74, 6) is 0.393. The molecule has 2 N–H and O–H groups in total. The predicted octanol–water partition coefficient (Wildman–Crippen LogP) is 1.53. The third kappa shape index (κ3) is 3.84. The Morgan fingerprint density at radius 2 is 1.80 bits per heavy atom. The number of nitrogens with zero attached hydrogens (tertiary/aromatic N) is 3. The minimum Gasteiger partial charge on any atom is -0.444 e. The van der Waals surface area contributed by atoms with Gasteiger partial charge in [-0.1, -0.05) is 18.2 Å². The molecule has 0 aliphatic carbocycles. The second-order valence-corrected chi connectivity index (χ2v) is 7.36. The molecule has 0 spiro atoms. The average molecular weight is 409 g/mol.